The molecule has 1 atom stereocenters. The second-order valence-corrected chi connectivity index (χ2v) is 7.89. The van der Waals surface area contributed by atoms with Gasteiger partial charge in [-0.2, -0.15) is 0 Å². The van der Waals surface area contributed by atoms with Crippen molar-refractivity contribution in [2.45, 2.75) is 51.0 Å². The minimum absolute atomic E-state index is 0.0623. The summed E-state index contributed by atoms with van der Waals surface area (Å²) in [6, 6.07) is 3.72. The van der Waals surface area contributed by atoms with Crippen LogP contribution in [-0.2, 0) is 10.0 Å². The Morgan fingerprint density at radius 1 is 1.25 bits per heavy atom. The highest BCUT2D eigenvalue weighted by molar-refractivity contribution is 7.89. The van der Waals surface area contributed by atoms with E-state index in [4.69, 9.17) is 0 Å². The average molecular weight is 297 g/mol. The van der Waals surface area contributed by atoms with Crippen LogP contribution in [0.15, 0.2) is 17.0 Å². The minimum Gasteiger partial charge on any atom is -0.389 e. The lowest BCUT2D eigenvalue weighted by atomic mass is 10.0. The molecule has 0 spiro atoms. The molecule has 1 aromatic rings. The smallest absolute Gasteiger partial charge is 0.241 e. The lowest BCUT2D eigenvalue weighted by Crippen LogP contribution is -2.42. The monoisotopic (exact) mass is 297 g/mol. The van der Waals surface area contributed by atoms with Crippen molar-refractivity contribution in [2.24, 2.45) is 5.92 Å². The summed E-state index contributed by atoms with van der Waals surface area (Å²) in [5.41, 5.74) is 1.56. The average Bonchev–Trinajstić information content (AvgIpc) is 3.08. The van der Waals surface area contributed by atoms with Gasteiger partial charge in [-0.3, -0.25) is 0 Å². The van der Waals surface area contributed by atoms with E-state index in [0.29, 0.717) is 4.90 Å². The van der Waals surface area contributed by atoms with Gasteiger partial charge in [-0.25, -0.2) is 13.1 Å². The van der Waals surface area contributed by atoms with Crippen molar-refractivity contribution in [3.8, 4) is 0 Å². The van der Waals surface area contributed by atoms with Crippen molar-refractivity contribution in [3.63, 3.8) is 0 Å². The predicted molar refractivity (Wildman–Crippen MR) is 79.2 cm³/mol. The van der Waals surface area contributed by atoms with Gasteiger partial charge in [-0.15, -0.1) is 0 Å². The van der Waals surface area contributed by atoms with Gasteiger partial charge >= 0.3 is 0 Å². The van der Waals surface area contributed by atoms with Crippen LogP contribution in [0.3, 0.4) is 0 Å². The Labute approximate surface area is 121 Å². The zero-order valence-corrected chi connectivity index (χ0v) is 13.3. The summed E-state index contributed by atoms with van der Waals surface area (Å²) in [6.07, 6.45) is 1.94. The van der Waals surface area contributed by atoms with Gasteiger partial charge < -0.3 is 5.11 Å². The van der Waals surface area contributed by atoms with Crippen LogP contribution < -0.4 is 4.72 Å². The quantitative estimate of drug-likeness (QED) is 0.874. The first-order valence-corrected chi connectivity index (χ1v) is 8.42. The second-order valence-electron chi connectivity index (χ2n) is 6.18. The van der Waals surface area contributed by atoms with Crippen LogP contribution in [0.5, 0.6) is 0 Å². The van der Waals surface area contributed by atoms with Crippen LogP contribution in [0.25, 0.3) is 0 Å². The van der Waals surface area contributed by atoms with Crippen molar-refractivity contribution < 1.29 is 13.5 Å². The molecule has 1 aliphatic carbocycles. The molecule has 0 heterocycles. The number of aryl methyl sites for hydroxylation is 3. The van der Waals surface area contributed by atoms with Crippen molar-refractivity contribution in [1.82, 2.24) is 4.72 Å². The van der Waals surface area contributed by atoms with E-state index >= 15 is 0 Å². The Hall–Kier alpha value is -0.910. The molecule has 0 amide bonds. The standard InChI is InChI=1S/C15H23NO3S/c1-10-7-11(2)14(12(3)8-10)20(18,19)16-9-15(4,17)13-5-6-13/h7-8,13,16-17H,5-6,9H2,1-4H3. The number of hydrogen-bond donors (Lipinski definition) is 2. The first-order chi connectivity index (χ1) is 9.13. The fourth-order valence-electron chi connectivity index (χ4n) is 2.75. The zero-order valence-electron chi connectivity index (χ0n) is 12.5. The maximum absolute atomic E-state index is 12.5. The highest BCUT2D eigenvalue weighted by atomic mass is 32.2. The molecule has 0 aromatic heterocycles. The summed E-state index contributed by atoms with van der Waals surface area (Å²) in [4.78, 5) is 0.328. The molecule has 0 radical (unpaired) electrons. The summed E-state index contributed by atoms with van der Waals surface area (Å²) in [5, 5.41) is 10.2. The van der Waals surface area contributed by atoms with E-state index in [1.54, 1.807) is 20.8 Å². The summed E-state index contributed by atoms with van der Waals surface area (Å²) in [6.45, 7) is 7.30. The van der Waals surface area contributed by atoms with Crippen molar-refractivity contribution in [1.29, 1.82) is 0 Å². The third kappa shape index (κ3) is 3.22. The molecule has 1 saturated carbocycles. The van der Waals surface area contributed by atoms with E-state index in [0.717, 1.165) is 29.5 Å². The van der Waals surface area contributed by atoms with Gasteiger partial charge in [0, 0.05) is 6.54 Å². The Morgan fingerprint density at radius 3 is 2.20 bits per heavy atom. The molecule has 2 rings (SSSR count). The minimum atomic E-state index is -3.59. The van der Waals surface area contributed by atoms with E-state index in [1.807, 2.05) is 19.1 Å². The Balaban J connectivity index is 2.23. The largest absolute Gasteiger partial charge is 0.389 e. The lowest BCUT2D eigenvalue weighted by Gasteiger charge is -2.24. The third-order valence-electron chi connectivity index (χ3n) is 3.95. The summed E-state index contributed by atoms with van der Waals surface area (Å²) in [5.74, 6) is 0.213. The SMILES string of the molecule is Cc1cc(C)c(S(=O)(=O)NCC(C)(O)C2CC2)c(C)c1. The number of sulfonamides is 1. The van der Waals surface area contributed by atoms with Gasteiger partial charge in [0.2, 0.25) is 10.0 Å². The van der Waals surface area contributed by atoms with Crippen LogP contribution >= 0.6 is 0 Å². The van der Waals surface area contributed by atoms with E-state index in [-0.39, 0.29) is 12.5 Å². The molecule has 112 valence electrons. The van der Waals surface area contributed by atoms with Gasteiger partial charge in [0.05, 0.1) is 10.5 Å². The number of aliphatic hydroxyl groups is 1. The summed E-state index contributed by atoms with van der Waals surface area (Å²) < 4.78 is 27.5. The lowest BCUT2D eigenvalue weighted by molar-refractivity contribution is 0.0422. The fraction of sp³-hybridized carbons (Fsp3) is 0.600. The summed E-state index contributed by atoms with van der Waals surface area (Å²) >= 11 is 0. The first kappa shape index (κ1) is 15.5. The maximum atomic E-state index is 12.5. The third-order valence-corrected chi connectivity index (χ3v) is 5.66. The molecule has 1 unspecified atom stereocenters. The molecule has 20 heavy (non-hydrogen) atoms. The summed E-state index contributed by atoms with van der Waals surface area (Å²) in [7, 11) is -3.59. The predicted octanol–water partition coefficient (Wildman–Crippen LogP) is 2.05. The van der Waals surface area contributed by atoms with Crippen LogP contribution in [0, 0.1) is 26.7 Å². The van der Waals surface area contributed by atoms with Gasteiger partial charge in [0.15, 0.2) is 0 Å². The molecule has 2 N–H and O–H groups in total. The van der Waals surface area contributed by atoms with E-state index in [9.17, 15) is 13.5 Å². The fourth-order valence-corrected chi connectivity index (χ4v) is 4.35. The first-order valence-electron chi connectivity index (χ1n) is 6.93. The van der Waals surface area contributed by atoms with Crippen LogP contribution in [0.2, 0.25) is 0 Å². The molecule has 4 nitrogen and oxygen atoms in total. The normalized spacial score (nSPS) is 18.9. The molecule has 1 aliphatic rings. The maximum Gasteiger partial charge on any atom is 0.241 e. The second kappa shape index (κ2) is 5.13. The Kier molecular flexibility index (Phi) is 3.97. The highest BCUT2D eigenvalue weighted by Crippen LogP contribution is 2.39. The van der Waals surface area contributed by atoms with Crippen molar-refractivity contribution in [3.05, 3.63) is 28.8 Å². The van der Waals surface area contributed by atoms with Crippen LogP contribution in [0.1, 0.15) is 36.5 Å². The van der Waals surface area contributed by atoms with Crippen LogP contribution in [-0.4, -0.2) is 25.7 Å². The van der Waals surface area contributed by atoms with Crippen molar-refractivity contribution >= 4 is 10.0 Å². The topological polar surface area (TPSA) is 66.4 Å². The number of rotatable bonds is 5. The molecule has 1 fully saturated rings. The number of benzene rings is 1. The molecular weight excluding hydrogens is 274 g/mol. The van der Waals surface area contributed by atoms with Gasteiger partial charge in [0.1, 0.15) is 0 Å². The molecule has 0 aliphatic heterocycles. The Bertz CT molecular complexity index is 593. The highest BCUT2D eigenvalue weighted by Gasteiger charge is 2.40. The molecule has 0 bridgehead atoms. The zero-order chi connectivity index (χ0) is 15.1. The van der Waals surface area contributed by atoms with Crippen molar-refractivity contribution in [2.75, 3.05) is 6.54 Å². The molecular formula is C15H23NO3S. The van der Waals surface area contributed by atoms with Gasteiger partial charge in [-0.05, 0) is 57.6 Å². The van der Waals surface area contributed by atoms with E-state index < -0.39 is 15.6 Å². The Morgan fingerprint density at radius 2 is 1.75 bits per heavy atom. The molecule has 1 aromatic carbocycles. The van der Waals surface area contributed by atoms with Crippen LogP contribution in [0.4, 0.5) is 0 Å². The number of hydrogen-bond acceptors (Lipinski definition) is 3. The number of nitrogens with one attached hydrogen (secondary N) is 1. The van der Waals surface area contributed by atoms with Gasteiger partial charge in [0.25, 0.3) is 0 Å². The van der Waals surface area contributed by atoms with Gasteiger partial charge in [-0.1, -0.05) is 17.7 Å². The van der Waals surface area contributed by atoms with E-state index in [1.165, 1.54) is 0 Å². The molecule has 0 saturated heterocycles. The molecule has 5 heteroatoms. The van der Waals surface area contributed by atoms with E-state index in [2.05, 4.69) is 4.72 Å².